The molecule has 2 heterocycles. The number of thiazole rings is 1. The summed E-state index contributed by atoms with van der Waals surface area (Å²) in [6, 6.07) is 8.46. The van der Waals surface area contributed by atoms with Crippen molar-refractivity contribution in [3.05, 3.63) is 46.5 Å². The molecule has 2 aromatic rings. The summed E-state index contributed by atoms with van der Waals surface area (Å²) in [5.41, 5.74) is 2.18. The van der Waals surface area contributed by atoms with Crippen LogP contribution in [0.3, 0.4) is 0 Å². The summed E-state index contributed by atoms with van der Waals surface area (Å²) in [4.78, 5) is 18.0. The maximum atomic E-state index is 12.5. The van der Waals surface area contributed by atoms with Crippen molar-refractivity contribution in [2.24, 2.45) is 5.41 Å². The number of hydrogen-bond donors (Lipinski definition) is 1. The average molecular weight is 330 g/mol. The lowest BCUT2D eigenvalue weighted by Crippen LogP contribution is -2.38. The van der Waals surface area contributed by atoms with Crippen LogP contribution in [-0.2, 0) is 16.0 Å². The summed E-state index contributed by atoms with van der Waals surface area (Å²) in [5, 5.41) is 3.67. The Morgan fingerprint density at radius 2 is 2.17 bits per heavy atom. The molecule has 1 saturated heterocycles. The third kappa shape index (κ3) is 3.98. The van der Waals surface area contributed by atoms with Gasteiger partial charge in [-0.05, 0) is 25.3 Å². The van der Waals surface area contributed by atoms with E-state index >= 15 is 0 Å². The number of ether oxygens (including phenoxy) is 1. The highest BCUT2D eigenvalue weighted by Crippen LogP contribution is 2.32. The molecule has 1 amide bonds. The Morgan fingerprint density at radius 3 is 2.91 bits per heavy atom. The molecule has 0 saturated carbocycles. The number of hydrogen-bond acceptors (Lipinski definition) is 4. The van der Waals surface area contributed by atoms with Gasteiger partial charge in [-0.1, -0.05) is 36.8 Å². The Kier molecular flexibility index (Phi) is 4.78. The Balaban J connectivity index is 1.64. The van der Waals surface area contributed by atoms with Crippen LogP contribution in [0.1, 0.15) is 35.8 Å². The molecule has 1 aliphatic rings. The molecule has 1 N–H and O–H groups in total. The minimum absolute atomic E-state index is 0.0530. The lowest BCUT2D eigenvalue weighted by atomic mass is 9.81. The van der Waals surface area contributed by atoms with Crippen LogP contribution in [0, 0.1) is 12.3 Å². The number of benzene rings is 1. The zero-order chi connectivity index (χ0) is 16.3. The molecule has 1 aromatic heterocycles. The first-order valence-electron chi connectivity index (χ1n) is 7.95. The van der Waals surface area contributed by atoms with Gasteiger partial charge >= 0.3 is 0 Å². The highest BCUT2D eigenvalue weighted by Gasteiger charge is 2.35. The first kappa shape index (κ1) is 16.1. The van der Waals surface area contributed by atoms with Gasteiger partial charge in [-0.2, -0.15) is 0 Å². The highest BCUT2D eigenvalue weighted by atomic mass is 32.1. The van der Waals surface area contributed by atoms with Crippen LogP contribution in [-0.4, -0.2) is 24.1 Å². The predicted octanol–water partition coefficient (Wildman–Crippen LogP) is 3.80. The second kappa shape index (κ2) is 6.81. The van der Waals surface area contributed by atoms with Crippen molar-refractivity contribution in [3.8, 4) is 0 Å². The number of anilines is 1. The van der Waals surface area contributed by atoms with E-state index in [1.54, 1.807) is 11.3 Å². The second-order valence-corrected chi connectivity index (χ2v) is 7.54. The number of carbonyl (C=O) groups excluding carboxylic acids is 1. The molecule has 0 bridgehead atoms. The zero-order valence-corrected chi connectivity index (χ0v) is 14.4. The smallest absolute Gasteiger partial charge is 0.232 e. The number of aromatic nitrogens is 1. The third-order valence-corrected chi connectivity index (χ3v) is 5.29. The molecule has 23 heavy (non-hydrogen) atoms. The number of rotatable bonds is 4. The normalized spacial score (nSPS) is 17.0. The lowest BCUT2D eigenvalue weighted by Gasteiger charge is -2.31. The number of amides is 1. The summed E-state index contributed by atoms with van der Waals surface area (Å²) < 4.78 is 5.35. The first-order valence-corrected chi connectivity index (χ1v) is 8.76. The van der Waals surface area contributed by atoms with Crippen molar-refractivity contribution in [1.29, 1.82) is 0 Å². The van der Waals surface area contributed by atoms with E-state index in [1.165, 1.54) is 11.1 Å². The standard InChI is InChI=1S/C18H22N2O2S/c1-13-4-3-5-14(10-13)11-15-12-19-17(23-15)20-16(21)18(2)6-8-22-9-7-18/h3-5,10,12H,6-9,11H2,1-2H3,(H,19,20,21). The van der Waals surface area contributed by atoms with Crippen LogP contribution in [0.15, 0.2) is 30.5 Å². The van der Waals surface area contributed by atoms with Gasteiger partial charge in [-0.3, -0.25) is 4.79 Å². The van der Waals surface area contributed by atoms with Gasteiger partial charge in [0, 0.05) is 30.7 Å². The Hall–Kier alpha value is -1.72. The summed E-state index contributed by atoms with van der Waals surface area (Å²) >= 11 is 1.55. The number of carbonyl (C=O) groups is 1. The predicted molar refractivity (Wildman–Crippen MR) is 92.9 cm³/mol. The van der Waals surface area contributed by atoms with E-state index in [2.05, 4.69) is 41.5 Å². The van der Waals surface area contributed by atoms with Crippen molar-refractivity contribution in [2.45, 2.75) is 33.1 Å². The van der Waals surface area contributed by atoms with Gasteiger partial charge in [0.1, 0.15) is 0 Å². The van der Waals surface area contributed by atoms with Crippen molar-refractivity contribution in [2.75, 3.05) is 18.5 Å². The van der Waals surface area contributed by atoms with Crippen LogP contribution in [0.25, 0.3) is 0 Å². The van der Waals surface area contributed by atoms with Crippen molar-refractivity contribution in [3.63, 3.8) is 0 Å². The number of nitrogens with zero attached hydrogens (tertiary/aromatic N) is 1. The topological polar surface area (TPSA) is 51.2 Å². The number of nitrogens with one attached hydrogen (secondary N) is 1. The van der Waals surface area contributed by atoms with Crippen molar-refractivity contribution in [1.82, 2.24) is 4.98 Å². The molecule has 0 aliphatic carbocycles. The first-order chi connectivity index (χ1) is 11.0. The van der Waals surface area contributed by atoms with Crippen molar-refractivity contribution >= 4 is 22.4 Å². The molecular formula is C18H22N2O2S. The van der Waals surface area contributed by atoms with Gasteiger partial charge < -0.3 is 10.1 Å². The summed E-state index contributed by atoms with van der Waals surface area (Å²) in [6.07, 6.45) is 4.23. The average Bonchev–Trinajstić information content (AvgIpc) is 2.95. The quantitative estimate of drug-likeness (QED) is 0.928. The SMILES string of the molecule is Cc1cccc(Cc2cnc(NC(=O)C3(C)CCOCC3)s2)c1. The zero-order valence-electron chi connectivity index (χ0n) is 13.6. The Labute approximate surface area is 140 Å². The summed E-state index contributed by atoms with van der Waals surface area (Å²) in [7, 11) is 0. The molecule has 0 radical (unpaired) electrons. The van der Waals surface area contributed by atoms with Gasteiger partial charge in [0.2, 0.25) is 5.91 Å². The Morgan fingerprint density at radius 1 is 1.39 bits per heavy atom. The van der Waals surface area contributed by atoms with Crippen LogP contribution >= 0.6 is 11.3 Å². The largest absolute Gasteiger partial charge is 0.381 e. The van der Waals surface area contributed by atoms with Gasteiger partial charge in [0.05, 0.1) is 5.41 Å². The van der Waals surface area contributed by atoms with Crippen LogP contribution in [0.2, 0.25) is 0 Å². The molecule has 0 spiro atoms. The molecule has 3 rings (SSSR count). The molecule has 1 aromatic carbocycles. The minimum Gasteiger partial charge on any atom is -0.381 e. The van der Waals surface area contributed by atoms with Gasteiger partial charge in [-0.25, -0.2) is 4.98 Å². The molecule has 1 fully saturated rings. The fraction of sp³-hybridized carbons (Fsp3) is 0.444. The van der Waals surface area contributed by atoms with Gasteiger partial charge in [-0.15, -0.1) is 11.3 Å². The summed E-state index contributed by atoms with van der Waals surface area (Å²) in [5.74, 6) is 0.0530. The lowest BCUT2D eigenvalue weighted by molar-refractivity contribution is -0.129. The fourth-order valence-electron chi connectivity index (χ4n) is 2.77. The molecular weight excluding hydrogens is 308 g/mol. The van der Waals surface area contributed by atoms with E-state index in [0.29, 0.717) is 18.3 Å². The molecule has 0 atom stereocenters. The monoisotopic (exact) mass is 330 g/mol. The van der Waals surface area contributed by atoms with Gasteiger partial charge in [0.25, 0.3) is 0 Å². The van der Waals surface area contributed by atoms with Crippen LogP contribution < -0.4 is 5.32 Å². The fourth-order valence-corrected chi connectivity index (χ4v) is 3.61. The van der Waals surface area contributed by atoms with E-state index in [1.807, 2.05) is 13.1 Å². The van der Waals surface area contributed by atoms with E-state index in [0.717, 1.165) is 24.1 Å². The maximum Gasteiger partial charge on any atom is 0.232 e. The molecule has 5 heteroatoms. The van der Waals surface area contributed by atoms with E-state index in [4.69, 9.17) is 4.74 Å². The van der Waals surface area contributed by atoms with E-state index in [9.17, 15) is 4.79 Å². The molecule has 122 valence electrons. The van der Waals surface area contributed by atoms with Gasteiger partial charge in [0.15, 0.2) is 5.13 Å². The number of aryl methyl sites for hydroxylation is 1. The molecule has 1 aliphatic heterocycles. The summed E-state index contributed by atoms with van der Waals surface area (Å²) in [6.45, 7) is 5.41. The highest BCUT2D eigenvalue weighted by molar-refractivity contribution is 7.15. The van der Waals surface area contributed by atoms with E-state index < -0.39 is 0 Å². The van der Waals surface area contributed by atoms with Crippen molar-refractivity contribution < 1.29 is 9.53 Å². The van der Waals surface area contributed by atoms with E-state index in [-0.39, 0.29) is 11.3 Å². The second-order valence-electron chi connectivity index (χ2n) is 6.42. The maximum absolute atomic E-state index is 12.5. The van der Waals surface area contributed by atoms with Crippen LogP contribution in [0.5, 0.6) is 0 Å². The molecule has 4 nitrogen and oxygen atoms in total. The van der Waals surface area contributed by atoms with Crippen LogP contribution in [0.4, 0.5) is 5.13 Å². The third-order valence-electron chi connectivity index (χ3n) is 4.38. The Bertz CT molecular complexity index is 690. The molecule has 0 unspecified atom stereocenters. The minimum atomic E-state index is -0.347.